The molecule has 20 heavy (non-hydrogen) atoms. The second-order valence-corrected chi connectivity index (χ2v) is 5.08. The van der Waals surface area contributed by atoms with E-state index in [-0.39, 0.29) is 5.91 Å². The highest BCUT2D eigenvalue weighted by Crippen LogP contribution is 2.10. The summed E-state index contributed by atoms with van der Waals surface area (Å²) in [6.45, 7) is 5.65. The second kappa shape index (κ2) is 6.93. The molecule has 0 aromatic heterocycles. The van der Waals surface area contributed by atoms with Crippen LogP contribution in [0.4, 0.5) is 5.69 Å². The Morgan fingerprint density at radius 1 is 1.40 bits per heavy atom. The van der Waals surface area contributed by atoms with E-state index < -0.39 is 0 Å². The van der Waals surface area contributed by atoms with Crippen molar-refractivity contribution in [3.63, 3.8) is 0 Å². The molecule has 0 radical (unpaired) electrons. The van der Waals surface area contributed by atoms with E-state index in [4.69, 9.17) is 0 Å². The molecule has 1 heterocycles. The number of nitrogens with zero attached hydrogens (tertiary/aromatic N) is 1. The summed E-state index contributed by atoms with van der Waals surface area (Å²) >= 11 is 0. The summed E-state index contributed by atoms with van der Waals surface area (Å²) in [5.74, 6) is 0.926. The molecule has 1 atom stereocenters. The van der Waals surface area contributed by atoms with Crippen LogP contribution in [-0.4, -0.2) is 24.5 Å². The van der Waals surface area contributed by atoms with E-state index in [0.29, 0.717) is 12.5 Å². The van der Waals surface area contributed by atoms with Crippen molar-refractivity contribution in [2.45, 2.75) is 39.3 Å². The van der Waals surface area contributed by atoms with Crippen LogP contribution >= 0.6 is 0 Å². The predicted octanol–water partition coefficient (Wildman–Crippen LogP) is 1.86. The van der Waals surface area contributed by atoms with E-state index in [0.717, 1.165) is 36.7 Å². The van der Waals surface area contributed by atoms with Gasteiger partial charge >= 0.3 is 0 Å². The van der Waals surface area contributed by atoms with Crippen LogP contribution < -0.4 is 16.0 Å². The number of nitrogens with one attached hydrogen (secondary N) is 3. The van der Waals surface area contributed by atoms with Gasteiger partial charge in [-0.15, -0.1) is 0 Å². The van der Waals surface area contributed by atoms with E-state index in [2.05, 4.69) is 27.9 Å². The Bertz CT molecular complexity index is 481. The predicted molar refractivity (Wildman–Crippen MR) is 81.7 cm³/mol. The normalized spacial score (nSPS) is 17.3. The number of hydrogen-bond donors (Lipinski definition) is 3. The number of carbonyl (C=O) groups is 1. The van der Waals surface area contributed by atoms with Crippen LogP contribution in [0.2, 0.25) is 0 Å². The Labute approximate surface area is 119 Å². The van der Waals surface area contributed by atoms with Gasteiger partial charge in [0.15, 0.2) is 5.96 Å². The fraction of sp³-hybridized carbons (Fsp3) is 0.467. The Kier molecular flexibility index (Phi) is 4.98. The number of rotatable bonds is 5. The highest BCUT2D eigenvalue weighted by Gasteiger charge is 2.11. The molecule has 3 N–H and O–H groups in total. The largest absolute Gasteiger partial charge is 0.352 e. The number of anilines is 1. The van der Waals surface area contributed by atoms with Crippen LogP contribution in [0.15, 0.2) is 29.3 Å². The third kappa shape index (κ3) is 4.26. The summed E-state index contributed by atoms with van der Waals surface area (Å²) in [4.78, 5) is 15.8. The number of benzene rings is 1. The molecule has 1 amide bonds. The zero-order valence-corrected chi connectivity index (χ0v) is 12.1. The highest BCUT2D eigenvalue weighted by molar-refractivity contribution is 5.90. The van der Waals surface area contributed by atoms with Crippen molar-refractivity contribution in [3.05, 3.63) is 29.8 Å². The van der Waals surface area contributed by atoms with E-state index >= 15 is 0 Å². The smallest absolute Gasteiger partial charge is 0.224 e. The van der Waals surface area contributed by atoms with Crippen LogP contribution in [0.3, 0.4) is 0 Å². The van der Waals surface area contributed by atoms with Gasteiger partial charge in [0, 0.05) is 24.7 Å². The highest BCUT2D eigenvalue weighted by atomic mass is 16.1. The minimum atomic E-state index is 0.0665. The first-order valence-electron chi connectivity index (χ1n) is 7.11. The minimum Gasteiger partial charge on any atom is -0.352 e. The maximum absolute atomic E-state index is 11.5. The summed E-state index contributed by atoms with van der Waals surface area (Å²) in [6.07, 6.45) is 1.42. The van der Waals surface area contributed by atoms with Crippen molar-refractivity contribution in [2.24, 2.45) is 4.99 Å². The molecule has 1 aromatic rings. The van der Waals surface area contributed by atoms with Crippen LogP contribution in [-0.2, 0) is 11.3 Å². The van der Waals surface area contributed by atoms with Gasteiger partial charge in [-0.2, -0.15) is 0 Å². The maximum Gasteiger partial charge on any atom is 0.224 e. The monoisotopic (exact) mass is 274 g/mol. The first kappa shape index (κ1) is 14.4. The lowest BCUT2D eigenvalue weighted by Gasteiger charge is -2.09. The second-order valence-electron chi connectivity index (χ2n) is 5.08. The molecule has 5 heteroatoms. The standard InChI is InChI=1S/C15H22N4O/c1-3-4-14(20)19-13-7-5-12(6-8-13)10-17-15-16-9-11(2)18-15/h5-8,11H,3-4,9-10H2,1-2H3,(H,19,20)(H2,16,17,18). The number of amides is 1. The van der Waals surface area contributed by atoms with Crippen molar-refractivity contribution in [1.82, 2.24) is 10.6 Å². The SMILES string of the molecule is CCCC(=O)Nc1ccc(CNC2=NCC(C)N2)cc1. The molecule has 108 valence electrons. The molecule has 0 bridgehead atoms. The number of hydrogen-bond acceptors (Lipinski definition) is 4. The van der Waals surface area contributed by atoms with E-state index in [9.17, 15) is 4.79 Å². The van der Waals surface area contributed by atoms with Crippen molar-refractivity contribution < 1.29 is 4.79 Å². The van der Waals surface area contributed by atoms with E-state index in [1.807, 2.05) is 31.2 Å². The molecule has 2 rings (SSSR count). The topological polar surface area (TPSA) is 65.5 Å². The zero-order valence-electron chi connectivity index (χ0n) is 12.1. The first-order chi connectivity index (χ1) is 9.67. The van der Waals surface area contributed by atoms with Gasteiger partial charge in [-0.1, -0.05) is 19.1 Å². The van der Waals surface area contributed by atoms with Crippen LogP contribution in [0.5, 0.6) is 0 Å². The molecule has 1 unspecified atom stereocenters. The van der Waals surface area contributed by atoms with Gasteiger partial charge in [0.05, 0.1) is 6.54 Å². The molecular formula is C15H22N4O. The first-order valence-corrected chi connectivity index (χ1v) is 7.11. The minimum absolute atomic E-state index is 0.0665. The molecule has 0 aliphatic carbocycles. The average molecular weight is 274 g/mol. The fourth-order valence-electron chi connectivity index (χ4n) is 2.00. The molecular weight excluding hydrogens is 252 g/mol. The summed E-state index contributed by atoms with van der Waals surface area (Å²) in [7, 11) is 0. The maximum atomic E-state index is 11.5. The van der Waals surface area contributed by atoms with Gasteiger partial charge in [0.2, 0.25) is 5.91 Å². The van der Waals surface area contributed by atoms with E-state index in [1.54, 1.807) is 0 Å². The van der Waals surface area contributed by atoms with E-state index in [1.165, 1.54) is 0 Å². The summed E-state index contributed by atoms with van der Waals surface area (Å²) < 4.78 is 0. The lowest BCUT2D eigenvalue weighted by molar-refractivity contribution is -0.116. The Morgan fingerprint density at radius 2 is 2.15 bits per heavy atom. The Morgan fingerprint density at radius 3 is 2.75 bits per heavy atom. The molecule has 0 saturated heterocycles. The average Bonchev–Trinajstić information content (AvgIpc) is 2.84. The number of carbonyl (C=O) groups excluding carboxylic acids is 1. The summed E-state index contributed by atoms with van der Waals surface area (Å²) in [6, 6.07) is 8.28. The van der Waals surface area contributed by atoms with Gasteiger partial charge in [-0.25, -0.2) is 0 Å². The zero-order chi connectivity index (χ0) is 14.4. The quantitative estimate of drug-likeness (QED) is 0.768. The van der Waals surface area contributed by atoms with Gasteiger partial charge in [-0.05, 0) is 31.0 Å². The van der Waals surface area contributed by atoms with Crippen molar-refractivity contribution in [1.29, 1.82) is 0 Å². The third-order valence-electron chi connectivity index (χ3n) is 3.08. The van der Waals surface area contributed by atoms with Gasteiger partial charge in [0.1, 0.15) is 0 Å². The van der Waals surface area contributed by atoms with Gasteiger partial charge < -0.3 is 16.0 Å². The fourth-order valence-corrected chi connectivity index (χ4v) is 2.00. The summed E-state index contributed by atoms with van der Waals surface area (Å²) in [5.41, 5.74) is 2.00. The molecule has 5 nitrogen and oxygen atoms in total. The van der Waals surface area contributed by atoms with Crippen LogP contribution in [0.25, 0.3) is 0 Å². The Hall–Kier alpha value is -2.04. The van der Waals surface area contributed by atoms with Crippen molar-refractivity contribution in [3.8, 4) is 0 Å². The third-order valence-corrected chi connectivity index (χ3v) is 3.08. The Balaban J connectivity index is 1.81. The van der Waals surface area contributed by atoms with Crippen LogP contribution in [0, 0.1) is 0 Å². The summed E-state index contributed by atoms with van der Waals surface area (Å²) in [5, 5.41) is 9.40. The van der Waals surface area contributed by atoms with Crippen molar-refractivity contribution in [2.75, 3.05) is 11.9 Å². The van der Waals surface area contributed by atoms with Crippen molar-refractivity contribution >= 4 is 17.6 Å². The molecule has 0 saturated carbocycles. The molecule has 1 aliphatic rings. The lowest BCUT2D eigenvalue weighted by Crippen LogP contribution is -2.37. The molecule has 1 aromatic carbocycles. The molecule has 1 aliphatic heterocycles. The number of aliphatic imine (C=N–C) groups is 1. The number of guanidine groups is 1. The van der Waals surface area contributed by atoms with Gasteiger partial charge in [-0.3, -0.25) is 9.79 Å². The van der Waals surface area contributed by atoms with Crippen LogP contribution in [0.1, 0.15) is 32.3 Å². The molecule has 0 spiro atoms. The molecule has 0 fully saturated rings. The van der Waals surface area contributed by atoms with Gasteiger partial charge in [0.25, 0.3) is 0 Å². The lowest BCUT2D eigenvalue weighted by atomic mass is 10.2.